The zero-order chi connectivity index (χ0) is 90.2. The Labute approximate surface area is 727 Å². The van der Waals surface area contributed by atoms with E-state index < -0.39 is 169 Å². The molecule has 692 valence electrons. The lowest BCUT2D eigenvalue weighted by Crippen LogP contribution is -2.60. The van der Waals surface area contributed by atoms with E-state index in [9.17, 15) is 81.4 Å². The molecule has 2 aliphatic rings. The summed E-state index contributed by atoms with van der Waals surface area (Å²) in [4.78, 5) is 209. The lowest BCUT2D eigenvalue weighted by atomic mass is 10.0. The molecule has 0 unspecified atom stereocenters. The van der Waals surface area contributed by atoms with E-state index in [0.717, 1.165) is 33.3 Å². The average Bonchev–Trinajstić information content (AvgIpc) is 0.978. The van der Waals surface area contributed by atoms with Gasteiger partial charge in [-0.2, -0.15) is 0 Å². The highest BCUT2D eigenvalue weighted by Gasteiger charge is 2.36. The summed E-state index contributed by atoms with van der Waals surface area (Å²) in [6.45, 7) is 1.00. The summed E-state index contributed by atoms with van der Waals surface area (Å²) >= 11 is 0.865. The highest BCUT2D eigenvalue weighted by Crippen LogP contribution is 2.24. The fraction of sp³-hybridized carbons (Fsp3) is 0.613. The number of ether oxygens (including phenoxy) is 10. The van der Waals surface area contributed by atoms with Crippen LogP contribution in [-0.4, -0.2) is 356 Å². The van der Waals surface area contributed by atoms with Crippen LogP contribution in [0.1, 0.15) is 49.7 Å². The first kappa shape index (κ1) is 106. The summed E-state index contributed by atoms with van der Waals surface area (Å²) in [6, 6.07) is 3.09. The number of benzene rings is 2. The third kappa shape index (κ3) is 52.4. The van der Waals surface area contributed by atoms with E-state index in [1.807, 2.05) is 0 Å². The van der Waals surface area contributed by atoms with Crippen LogP contribution in [0.15, 0.2) is 64.7 Å². The molecule has 2 saturated heterocycles. The summed E-state index contributed by atoms with van der Waals surface area (Å²) in [5, 5.41) is 47.1. The number of carboxylic acid groups (broad SMARTS) is 1. The molecule has 0 spiro atoms. The third-order valence-electron chi connectivity index (χ3n) is 16.6. The van der Waals surface area contributed by atoms with Gasteiger partial charge >= 0.3 is 5.97 Å². The molecule has 2 aliphatic heterocycles. The van der Waals surface area contributed by atoms with Gasteiger partial charge in [0.25, 0.3) is 5.91 Å². The van der Waals surface area contributed by atoms with Gasteiger partial charge in [-0.1, -0.05) is 69.2 Å². The molecule has 2 bridgehead atoms. The third-order valence-corrected chi connectivity index (χ3v) is 20.0. The van der Waals surface area contributed by atoms with Crippen molar-refractivity contribution >= 4 is 134 Å². The van der Waals surface area contributed by atoms with Crippen LogP contribution in [0.4, 0.5) is 4.39 Å². The number of primary amides is 1. The highest BCUT2D eigenvalue weighted by atomic mass is 33.1. The first-order valence-electron chi connectivity index (χ1n) is 39.7. The van der Waals surface area contributed by atoms with Crippen molar-refractivity contribution in [3.05, 3.63) is 71.5 Å². The van der Waals surface area contributed by atoms with Gasteiger partial charge in [0.05, 0.1) is 131 Å². The molecule has 49 heteroatoms. The number of carbonyl (C=O) groups is 15. The SMILES string of the molecule is NC(=O)COCC(=O)NCCOCCOCCOCCNC(=O)[C@@H]1CSCC(=O)N[C@@H](CCCCNC(=O)COCC(=O)NCCOCCOCCOCCOCCOCCNC(=O)CO/N=C\c2ccc([18F])cc2)C(=O)N[C@H]2CSSC[C@H](NC(=O)[C@H](CC(=O)O)NC(=O)CNC(=O)[C@H](CCCN=C(N)N)NC2=O)C(=O)N[C@@H](Cc2ccccc2)C(=O)N1. The minimum atomic E-state index is -1.85. The average molecular weight is 1820 g/mol. The molecule has 0 saturated carbocycles. The van der Waals surface area contributed by atoms with Crippen LogP contribution < -0.4 is 86.3 Å². The molecule has 7 atom stereocenters. The van der Waals surface area contributed by atoms with Crippen molar-refractivity contribution in [1.82, 2.24) is 69.1 Å². The zero-order valence-corrected chi connectivity index (χ0v) is 71.1. The summed E-state index contributed by atoms with van der Waals surface area (Å²) in [6.07, 6.45) is 0.302. The van der Waals surface area contributed by atoms with Gasteiger partial charge in [0.1, 0.15) is 74.5 Å². The molecule has 0 aromatic heterocycles. The molecule has 124 heavy (non-hydrogen) atoms. The minimum absolute atomic E-state index is 0.0224. The second-order valence-corrected chi connectivity index (χ2v) is 30.3. The van der Waals surface area contributed by atoms with E-state index in [1.54, 1.807) is 30.3 Å². The number of unbranched alkanes of at least 4 members (excludes halogenated alkanes) is 1. The first-order chi connectivity index (χ1) is 59.8. The summed E-state index contributed by atoms with van der Waals surface area (Å²) in [5.74, 6) is -14.8. The smallest absolute Gasteiger partial charge is 0.305 e. The van der Waals surface area contributed by atoms with Crippen molar-refractivity contribution in [1.29, 1.82) is 0 Å². The molecule has 2 aromatic carbocycles. The molecule has 2 heterocycles. The number of guanidine groups is 1. The monoisotopic (exact) mass is 1810 g/mol. The highest BCUT2D eigenvalue weighted by molar-refractivity contribution is 8.76. The Hall–Kier alpha value is -10.2. The first-order valence-corrected chi connectivity index (χ1v) is 43.3. The Morgan fingerprint density at radius 3 is 1.43 bits per heavy atom. The number of halogens is 1. The number of nitrogens with one attached hydrogen (secondary N) is 13. The second kappa shape index (κ2) is 66.3. The molecule has 0 aliphatic carbocycles. The van der Waals surface area contributed by atoms with Gasteiger partial charge < -0.3 is 144 Å². The van der Waals surface area contributed by atoms with Crippen LogP contribution in [0.5, 0.6) is 0 Å². The fourth-order valence-corrected chi connectivity index (χ4v) is 13.7. The van der Waals surface area contributed by atoms with Gasteiger partial charge in [0.2, 0.25) is 76.8 Å². The Kier molecular flexibility index (Phi) is 56.8. The Morgan fingerprint density at radius 2 is 0.911 bits per heavy atom. The number of carbonyl (C=O) groups excluding carboxylic acids is 14. The molecule has 2 aromatic rings. The predicted octanol–water partition coefficient (Wildman–Crippen LogP) is -7.00. The predicted molar refractivity (Wildman–Crippen MR) is 447 cm³/mol. The topological polar surface area (TPSA) is 637 Å². The lowest BCUT2D eigenvalue weighted by Gasteiger charge is -2.27. The van der Waals surface area contributed by atoms with E-state index in [1.165, 1.54) is 30.5 Å². The number of hydrogen-bond donors (Lipinski definition) is 17. The molecular formula is C75H115FN18O27S3. The van der Waals surface area contributed by atoms with Gasteiger partial charge in [0.15, 0.2) is 12.6 Å². The molecule has 20 N–H and O–H groups in total. The normalized spacial score (nSPS) is 18.5. The maximum atomic E-state index is 14.7. The van der Waals surface area contributed by atoms with Crippen molar-refractivity contribution in [2.45, 2.75) is 87.2 Å². The number of oxime groups is 1. The summed E-state index contributed by atoms with van der Waals surface area (Å²) in [7, 11) is 1.78. The fourth-order valence-electron chi connectivity index (χ4n) is 10.5. The quantitative estimate of drug-likeness (QED) is 0.00962. The van der Waals surface area contributed by atoms with E-state index in [2.05, 4.69) is 79.3 Å². The van der Waals surface area contributed by atoms with Crippen LogP contribution in [0.25, 0.3) is 0 Å². The molecule has 14 amide bonds. The maximum absolute atomic E-state index is 14.7. The maximum Gasteiger partial charge on any atom is 0.305 e. The molecule has 2 fully saturated rings. The number of amides is 14. The minimum Gasteiger partial charge on any atom is -0.481 e. The van der Waals surface area contributed by atoms with Crippen molar-refractivity contribution in [3.8, 4) is 0 Å². The number of aliphatic carboxylic acids is 1. The summed E-state index contributed by atoms with van der Waals surface area (Å²) < 4.78 is 67.1. The van der Waals surface area contributed by atoms with Gasteiger partial charge in [-0.15, -0.1) is 11.8 Å². The molecule has 0 radical (unpaired) electrons. The number of fused-ring (bicyclic) bond motifs is 5. The number of carboxylic acids is 1. The number of thioether (sulfide) groups is 1. The number of nitrogens with two attached hydrogens (primary N) is 3. The van der Waals surface area contributed by atoms with Crippen LogP contribution in [-0.2, 0) is 131 Å². The van der Waals surface area contributed by atoms with E-state index in [4.69, 9.17) is 69.4 Å². The van der Waals surface area contributed by atoms with Crippen LogP contribution in [0.3, 0.4) is 0 Å². The Morgan fingerprint density at radius 1 is 0.460 bits per heavy atom. The molecule has 45 nitrogen and oxygen atoms in total. The number of rotatable bonds is 56. The van der Waals surface area contributed by atoms with Crippen molar-refractivity contribution in [2.24, 2.45) is 27.3 Å². The van der Waals surface area contributed by atoms with E-state index in [0.29, 0.717) is 50.8 Å². The zero-order valence-electron chi connectivity index (χ0n) is 68.7. The molecular weight excluding hydrogens is 1700 g/mol. The van der Waals surface area contributed by atoms with Gasteiger partial charge in [0, 0.05) is 62.9 Å². The van der Waals surface area contributed by atoms with Crippen molar-refractivity contribution in [2.75, 3.05) is 208 Å². The number of hydrogen-bond acceptors (Lipinski definition) is 31. The van der Waals surface area contributed by atoms with Crippen molar-refractivity contribution in [3.63, 3.8) is 0 Å². The largest absolute Gasteiger partial charge is 0.481 e. The van der Waals surface area contributed by atoms with Crippen LogP contribution in [0, 0.1) is 5.82 Å². The Balaban J connectivity index is 1.35. The molecule has 4 rings (SSSR count). The second-order valence-electron chi connectivity index (χ2n) is 26.7. The van der Waals surface area contributed by atoms with Crippen molar-refractivity contribution < 1.29 is 134 Å². The number of aliphatic imine (C=N–C) groups is 1. The standard InChI is InChI=1S/C75H115FN18O27S3/c76-52-13-11-51(12-14-52)39-87-121-45-65(100)83-19-23-113-27-31-117-34-36-118-35-33-116-30-26-112-22-18-82-64(99)44-120-43-62(97)80-15-5-4-9-54-70(106)93-58-47-123-124-48-59(94-72(108)56(38-67(102)103)89-61(96)40-86-68(104)53(90-73(58)109)10-6-16-85-75(78)79)74(110)91-55(37-50-7-2-1-3-8-50)71(107)92-57(46-122-49-66(101)88-54)69(105)84-20-24-114-28-32-115-29-25-111-21-17-81-63(98)42-119-41-60(77)95/h1-3,7-8,11-14,39,53-59H,4-6,9-10,15-38,40-49H2,(H2,77,95)(H,80,97)(H,81,98)(H,82,99)(H,83,100)(H,84,105)(H,86,104)(H,88,101)(H,89,96)(H,90,109)(H,91,110)(H,92,107)(H,93,106)(H,94,108)(H,102,103)(H4,78,79,85)/b87-39-/t53-,54-,55-,56-,57-,58-,59-/m0/s1/i76-1. The van der Waals surface area contributed by atoms with Gasteiger partial charge in [-0.3, -0.25) is 76.9 Å². The summed E-state index contributed by atoms with van der Waals surface area (Å²) in [5.41, 5.74) is 17.2. The van der Waals surface area contributed by atoms with Crippen LogP contribution >= 0.6 is 33.3 Å². The van der Waals surface area contributed by atoms with E-state index >= 15 is 0 Å². The lowest BCUT2D eigenvalue weighted by molar-refractivity contribution is -0.141. The van der Waals surface area contributed by atoms with E-state index in [-0.39, 0.29) is 186 Å². The van der Waals surface area contributed by atoms with Crippen LogP contribution in [0.2, 0.25) is 0 Å². The van der Waals surface area contributed by atoms with Gasteiger partial charge in [-0.05, 0) is 55.4 Å². The Bertz CT molecular complexity index is 3670. The van der Waals surface area contributed by atoms with Gasteiger partial charge in [-0.25, -0.2) is 4.39 Å². The number of nitrogens with zero attached hydrogens (tertiary/aromatic N) is 2.